The number of hydrogen-bond donors (Lipinski definition) is 1. The summed E-state index contributed by atoms with van der Waals surface area (Å²) in [6.07, 6.45) is 0. The molecule has 1 atom stereocenters. The third kappa shape index (κ3) is 3.54. The number of hydrogen-bond acceptors (Lipinski definition) is 1. The summed E-state index contributed by atoms with van der Waals surface area (Å²) < 4.78 is 26.4. The molecule has 5 heteroatoms. The zero-order valence-electron chi connectivity index (χ0n) is 10.4. The van der Waals surface area contributed by atoms with Gasteiger partial charge in [0.05, 0.1) is 0 Å². The normalized spacial score (nSPS) is 11.9. The average Bonchev–Trinajstić information content (AvgIpc) is 2.48. The van der Waals surface area contributed by atoms with Crippen LogP contribution in [-0.4, -0.2) is 5.91 Å². The molecule has 0 aromatic heterocycles. The van der Waals surface area contributed by atoms with Gasteiger partial charge in [-0.25, -0.2) is 8.78 Å². The van der Waals surface area contributed by atoms with E-state index in [0.29, 0.717) is 5.56 Å². The molecule has 0 heterocycles. The number of rotatable bonds is 4. The highest BCUT2D eigenvalue weighted by molar-refractivity contribution is 6.30. The molecule has 0 bridgehead atoms. The molecule has 2 rings (SSSR count). The lowest BCUT2D eigenvalue weighted by molar-refractivity contribution is -0.121. The van der Waals surface area contributed by atoms with Crippen LogP contribution >= 0.6 is 11.6 Å². The van der Waals surface area contributed by atoms with Crippen molar-refractivity contribution < 1.29 is 13.6 Å². The maximum absolute atomic E-state index is 13.4. The molecule has 2 aromatic carbocycles. The molecule has 2 aromatic rings. The first-order chi connectivity index (χ1) is 9.58. The van der Waals surface area contributed by atoms with Gasteiger partial charge < -0.3 is 5.32 Å². The van der Waals surface area contributed by atoms with E-state index in [9.17, 15) is 13.6 Å². The smallest absolute Gasteiger partial charge is 0.242 e. The van der Waals surface area contributed by atoms with Crippen molar-refractivity contribution in [2.24, 2.45) is 0 Å². The number of nitrogens with one attached hydrogen (secondary N) is 1. The Labute approximate surface area is 120 Å². The molecule has 1 amide bonds. The quantitative estimate of drug-likeness (QED) is 0.859. The fourth-order valence-corrected chi connectivity index (χ4v) is 1.95. The largest absolute Gasteiger partial charge is 0.350 e. The molecule has 0 fully saturated rings. The van der Waals surface area contributed by atoms with Gasteiger partial charge in [0.15, 0.2) is 0 Å². The van der Waals surface area contributed by atoms with Crippen molar-refractivity contribution in [3.63, 3.8) is 0 Å². The molecular formula is C15H12ClF2NO. The molecule has 0 spiro atoms. The van der Waals surface area contributed by atoms with Crippen molar-refractivity contribution in [2.45, 2.75) is 11.9 Å². The number of amides is 1. The van der Waals surface area contributed by atoms with Gasteiger partial charge in [0.2, 0.25) is 5.91 Å². The third-order valence-electron chi connectivity index (χ3n) is 2.78. The van der Waals surface area contributed by atoms with E-state index in [0.717, 1.165) is 18.2 Å². The van der Waals surface area contributed by atoms with Gasteiger partial charge in [0.25, 0.3) is 0 Å². The van der Waals surface area contributed by atoms with Crippen LogP contribution in [0.5, 0.6) is 0 Å². The zero-order valence-corrected chi connectivity index (χ0v) is 11.2. The summed E-state index contributed by atoms with van der Waals surface area (Å²) >= 11 is 6.01. The van der Waals surface area contributed by atoms with Gasteiger partial charge in [-0.3, -0.25) is 4.79 Å². The van der Waals surface area contributed by atoms with Crippen LogP contribution in [0.25, 0.3) is 0 Å². The summed E-state index contributed by atoms with van der Waals surface area (Å²) in [4.78, 5) is 11.9. The molecule has 2 nitrogen and oxygen atoms in total. The van der Waals surface area contributed by atoms with Crippen molar-refractivity contribution in [1.29, 1.82) is 0 Å². The van der Waals surface area contributed by atoms with Crippen LogP contribution in [0.2, 0.25) is 0 Å². The van der Waals surface area contributed by atoms with Crippen molar-refractivity contribution in [1.82, 2.24) is 5.32 Å². The number of carbonyl (C=O) groups excluding carboxylic acids is 1. The fourth-order valence-electron chi connectivity index (χ4n) is 1.72. The molecular weight excluding hydrogens is 284 g/mol. The van der Waals surface area contributed by atoms with Gasteiger partial charge in [0, 0.05) is 12.1 Å². The maximum Gasteiger partial charge on any atom is 0.242 e. The average molecular weight is 296 g/mol. The molecule has 0 aliphatic rings. The van der Waals surface area contributed by atoms with Crippen LogP contribution in [0.1, 0.15) is 16.5 Å². The van der Waals surface area contributed by atoms with Gasteiger partial charge in [-0.2, -0.15) is 0 Å². The Morgan fingerprint density at radius 1 is 1.15 bits per heavy atom. The Morgan fingerprint density at radius 2 is 1.85 bits per heavy atom. The zero-order chi connectivity index (χ0) is 14.5. The lowest BCUT2D eigenvalue weighted by Crippen LogP contribution is -2.26. The predicted molar refractivity (Wildman–Crippen MR) is 73.2 cm³/mol. The first-order valence-electron chi connectivity index (χ1n) is 5.98. The molecule has 0 saturated carbocycles. The molecule has 0 aliphatic carbocycles. The SMILES string of the molecule is O=C(NCc1cc(F)ccc1F)C(Cl)c1ccccc1. The second kappa shape index (κ2) is 6.48. The lowest BCUT2D eigenvalue weighted by Gasteiger charge is -2.11. The highest BCUT2D eigenvalue weighted by Gasteiger charge is 2.17. The van der Waals surface area contributed by atoms with E-state index < -0.39 is 22.9 Å². The highest BCUT2D eigenvalue weighted by Crippen LogP contribution is 2.20. The van der Waals surface area contributed by atoms with Gasteiger partial charge in [-0.05, 0) is 23.8 Å². The third-order valence-corrected chi connectivity index (χ3v) is 3.23. The van der Waals surface area contributed by atoms with Crippen LogP contribution in [0.4, 0.5) is 8.78 Å². The Bertz CT molecular complexity index is 604. The first-order valence-corrected chi connectivity index (χ1v) is 6.42. The first kappa shape index (κ1) is 14.5. The summed E-state index contributed by atoms with van der Waals surface area (Å²) in [7, 11) is 0. The van der Waals surface area contributed by atoms with Gasteiger partial charge >= 0.3 is 0 Å². The number of carbonyl (C=O) groups is 1. The van der Waals surface area contributed by atoms with Crippen LogP contribution in [-0.2, 0) is 11.3 Å². The minimum absolute atomic E-state index is 0.0790. The van der Waals surface area contributed by atoms with Gasteiger partial charge in [0.1, 0.15) is 17.0 Å². The van der Waals surface area contributed by atoms with E-state index in [1.165, 1.54) is 0 Å². The molecule has 0 radical (unpaired) electrons. The van der Waals surface area contributed by atoms with E-state index in [1.54, 1.807) is 24.3 Å². The standard InChI is InChI=1S/C15H12ClF2NO/c16-14(10-4-2-1-3-5-10)15(20)19-9-11-8-12(17)6-7-13(11)18/h1-8,14H,9H2,(H,19,20). The van der Waals surface area contributed by atoms with Crippen molar-refractivity contribution in [3.8, 4) is 0 Å². The summed E-state index contributed by atoms with van der Waals surface area (Å²) in [6.45, 7) is -0.113. The number of halogens is 3. The molecule has 0 saturated heterocycles. The molecule has 1 N–H and O–H groups in total. The van der Waals surface area contributed by atoms with Crippen molar-refractivity contribution >= 4 is 17.5 Å². The Hall–Kier alpha value is -1.94. The molecule has 1 unspecified atom stereocenters. The van der Waals surface area contributed by atoms with E-state index >= 15 is 0 Å². The van der Waals surface area contributed by atoms with Crippen LogP contribution in [0.3, 0.4) is 0 Å². The Balaban J connectivity index is 2.00. The molecule has 0 aliphatic heterocycles. The lowest BCUT2D eigenvalue weighted by atomic mass is 10.1. The topological polar surface area (TPSA) is 29.1 Å². The van der Waals surface area contributed by atoms with Crippen LogP contribution in [0, 0.1) is 11.6 Å². The van der Waals surface area contributed by atoms with Crippen molar-refractivity contribution in [2.75, 3.05) is 0 Å². The highest BCUT2D eigenvalue weighted by atomic mass is 35.5. The minimum atomic E-state index is -0.868. The molecule has 20 heavy (non-hydrogen) atoms. The summed E-state index contributed by atoms with van der Waals surface area (Å²) in [5.74, 6) is -1.58. The van der Waals surface area contributed by atoms with E-state index in [1.807, 2.05) is 6.07 Å². The summed E-state index contributed by atoms with van der Waals surface area (Å²) in [5, 5.41) is 1.62. The summed E-state index contributed by atoms with van der Waals surface area (Å²) in [5.41, 5.74) is 0.724. The molecule has 104 valence electrons. The second-order valence-electron chi connectivity index (χ2n) is 4.23. The van der Waals surface area contributed by atoms with E-state index in [4.69, 9.17) is 11.6 Å². The Morgan fingerprint density at radius 3 is 2.55 bits per heavy atom. The van der Waals surface area contributed by atoms with E-state index in [-0.39, 0.29) is 12.1 Å². The predicted octanol–water partition coefficient (Wildman–Crippen LogP) is 3.56. The van der Waals surface area contributed by atoms with Gasteiger partial charge in [-0.1, -0.05) is 30.3 Å². The second-order valence-corrected chi connectivity index (χ2v) is 4.66. The minimum Gasteiger partial charge on any atom is -0.350 e. The van der Waals surface area contributed by atoms with Gasteiger partial charge in [-0.15, -0.1) is 11.6 Å². The van der Waals surface area contributed by atoms with Crippen LogP contribution in [0.15, 0.2) is 48.5 Å². The Kier molecular flexibility index (Phi) is 4.69. The fraction of sp³-hybridized carbons (Fsp3) is 0.133. The monoisotopic (exact) mass is 295 g/mol. The van der Waals surface area contributed by atoms with E-state index in [2.05, 4.69) is 5.32 Å². The number of alkyl halides is 1. The number of benzene rings is 2. The van der Waals surface area contributed by atoms with Crippen LogP contribution < -0.4 is 5.32 Å². The summed E-state index contributed by atoms with van der Waals surface area (Å²) in [6, 6.07) is 11.9. The maximum atomic E-state index is 13.4. The van der Waals surface area contributed by atoms with Crippen molar-refractivity contribution in [3.05, 3.63) is 71.3 Å².